The maximum absolute atomic E-state index is 12.4. The molecule has 1 heterocycles. The first-order chi connectivity index (χ1) is 9.44. The molecule has 1 saturated heterocycles. The van der Waals surface area contributed by atoms with Gasteiger partial charge >= 0.3 is 0 Å². The van der Waals surface area contributed by atoms with E-state index in [1.165, 1.54) is 0 Å². The minimum atomic E-state index is -0.460. The quantitative estimate of drug-likeness (QED) is 0.737. The second kappa shape index (κ2) is 6.10. The lowest BCUT2D eigenvalue weighted by Crippen LogP contribution is -2.55. The number of carbonyl (C=O) groups is 1. The van der Waals surface area contributed by atoms with Gasteiger partial charge in [-0.3, -0.25) is 9.69 Å². The topological polar surface area (TPSA) is 47.3 Å². The maximum Gasteiger partial charge on any atom is 0.253 e. The van der Waals surface area contributed by atoms with Gasteiger partial charge in [0.15, 0.2) is 0 Å². The fourth-order valence-corrected chi connectivity index (χ4v) is 2.67. The Morgan fingerprint density at radius 3 is 2.25 bits per heavy atom. The molecule has 20 heavy (non-hydrogen) atoms. The largest absolute Gasteiger partial charge is 0.336 e. The average molecular weight is 383 g/mol. The third-order valence-corrected chi connectivity index (χ3v) is 4.44. The maximum atomic E-state index is 12.4. The van der Waals surface area contributed by atoms with Crippen molar-refractivity contribution in [1.82, 2.24) is 9.80 Å². The summed E-state index contributed by atoms with van der Waals surface area (Å²) in [6.45, 7) is 6.69. The van der Waals surface area contributed by atoms with E-state index in [4.69, 9.17) is 5.26 Å². The number of carbonyl (C=O) groups excluding carboxylic acids is 1. The summed E-state index contributed by atoms with van der Waals surface area (Å²) in [5, 5.41) is 9.15. The summed E-state index contributed by atoms with van der Waals surface area (Å²) in [5.41, 5.74) is 0.274. The molecule has 0 radical (unpaired) electrons. The van der Waals surface area contributed by atoms with E-state index in [1.807, 2.05) is 43.0 Å². The Kier molecular flexibility index (Phi) is 4.66. The molecule has 0 aromatic heterocycles. The number of benzene rings is 1. The first-order valence-corrected chi connectivity index (χ1v) is 7.73. The minimum Gasteiger partial charge on any atom is -0.336 e. The van der Waals surface area contributed by atoms with Crippen molar-refractivity contribution in [1.29, 1.82) is 5.26 Å². The Hall–Kier alpha value is -1.13. The lowest BCUT2D eigenvalue weighted by atomic mass is 10.0. The highest BCUT2D eigenvalue weighted by atomic mass is 127. The molecular formula is C15H18IN3O. The van der Waals surface area contributed by atoms with Gasteiger partial charge in [-0.25, -0.2) is 0 Å². The summed E-state index contributed by atoms with van der Waals surface area (Å²) in [7, 11) is 0. The SMILES string of the molecule is CC(C)(C#N)N1CCN(C(=O)c2ccc(I)cc2)CC1. The lowest BCUT2D eigenvalue weighted by molar-refractivity contribution is 0.0521. The minimum absolute atomic E-state index is 0.0795. The van der Waals surface area contributed by atoms with Crippen LogP contribution in [0.1, 0.15) is 24.2 Å². The highest BCUT2D eigenvalue weighted by Crippen LogP contribution is 2.17. The lowest BCUT2D eigenvalue weighted by Gasteiger charge is -2.40. The molecular weight excluding hydrogens is 365 g/mol. The van der Waals surface area contributed by atoms with E-state index in [1.54, 1.807) is 0 Å². The van der Waals surface area contributed by atoms with Gasteiger partial charge in [-0.1, -0.05) is 0 Å². The van der Waals surface area contributed by atoms with E-state index >= 15 is 0 Å². The van der Waals surface area contributed by atoms with Crippen molar-refractivity contribution in [3.63, 3.8) is 0 Å². The molecule has 4 nitrogen and oxygen atoms in total. The first-order valence-electron chi connectivity index (χ1n) is 6.65. The molecule has 0 bridgehead atoms. The molecule has 0 saturated carbocycles. The van der Waals surface area contributed by atoms with Crippen molar-refractivity contribution in [3.05, 3.63) is 33.4 Å². The number of piperazine rings is 1. The van der Waals surface area contributed by atoms with Crippen LogP contribution < -0.4 is 0 Å². The van der Waals surface area contributed by atoms with Gasteiger partial charge in [0.2, 0.25) is 0 Å². The Balaban J connectivity index is 1.99. The molecule has 1 aliphatic heterocycles. The molecule has 0 aliphatic carbocycles. The van der Waals surface area contributed by atoms with E-state index < -0.39 is 5.54 Å². The molecule has 1 aromatic rings. The predicted molar refractivity (Wildman–Crippen MR) is 86.3 cm³/mol. The van der Waals surface area contributed by atoms with Crippen LogP contribution in [-0.2, 0) is 0 Å². The molecule has 0 N–H and O–H groups in total. The van der Waals surface area contributed by atoms with Gasteiger partial charge in [-0.05, 0) is 60.7 Å². The number of amides is 1. The Labute approximate surface area is 133 Å². The molecule has 106 valence electrons. The van der Waals surface area contributed by atoms with Crippen LogP contribution in [0.4, 0.5) is 0 Å². The number of hydrogen-bond donors (Lipinski definition) is 0. The van der Waals surface area contributed by atoms with Crippen LogP contribution in [0.2, 0.25) is 0 Å². The van der Waals surface area contributed by atoms with Gasteiger partial charge < -0.3 is 4.90 Å². The van der Waals surface area contributed by atoms with E-state index in [-0.39, 0.29) is 5.91 Å². The van der Waals surface area contributed by atoms with Crippen LogP contribution in [0.25, 0.3) is 0 Å². The first kappa shape index (κ1) is 15.3. The highest BCUT2D eigenvalue weighted by Gasteiger charge is 2.31. The third kappa shape index (κ3) is 3.30. The van der Waals surface area contributed by atoms with Crippen LogP contribution >= 0.6 is 22.6 Å². The van der Waals surface area contributed by atoms with Crippen LogP contribution in [0.15, 0.2) is 24.3 Å². The molecule has 1 amide bonds. The molecule has 1 aliphatic rings. The zero-order valence-corrected chi connectivity index (χ0v) is 13.9. The zero-order valence-electron chi connectivity index (χ0n) is 11.8. The van der Waals surface area contributed by atoms with Crippen molar-refractivity contribution in [3.8, 4) is 6.07 Å². The van der Waals surface area contributed by atoms with Gasteiger partial charge in [-0.15, -0.1) is 0 Å². The van der Waals surface area contributed by atoms with Crippen molar-refractivity contribution in [2.45, 2.75) is 19.4 Å². The molecule has 2 rings (SSSR count). The summed E-state index contributed by atoms with van der Waals surface area (Å²) in [4.78, 5) is 16.4. The number of rotatable bonds is 2. The smallest absolute Gasteiger partial charge is 0.253 e. The number of nitriles is 1. The summed E-state index contributed by atoms with van der Waals surface area (Å²) in [6, 6.07) is 9.95. The molecule has 1 aromatic carbocycles. The van der Waals surface area contributed by atoms with Crippen LogP contribution in [0, 0.1) is 14.9 Å². The fraction of sp³-hybridized carbons (Fsp3) is 0.467. The van der Waals surface area contributed by atoms with Gasteiger partial charge in [0.05, 0.1) is 6.07 Å². The monoisotopic (exact) mass is 383 g/mol. The predicted octanol–water partition coefficient (Wildman–Crippen LogP) is 2.35. The van der Waals surface area contributed by atoms with Gasteiger partial charge in [-0.2, -0.15) is 5.26 Å². The van der Waals surface area contributed by atoms with E-state index in [0.717, 1.165) is 22.2 Å². The van der Waals surface area contributed by atoms with E-state index in [9.17, 15) is 4.79 Å². The number of hydrogen-bond acceptors (Lipinski definition) is 3. The normalized spacial score (nSPS) is 16.8. The third-order valence-electron chi connectivity index (χ3n) is 3.72. The van der Waals surface area contributed by atoms with Gasteiger partial charge in [0.25, 0.3) is 5.91 Å². The average Bonchev–Trinajstić information content (AvgIpc) is 2.47. The molecule has 5 heteroatoms. The highest BCUT2D eigenvalue weighted by molar-refractivity contribution is 14.1. The molecule has 0 unspecified atom stereocenters. The summed E-state index contributed by atoms with van der Waals surface area (Å²) in [6.07, 6.45) is 0. The second-order valence-electron chi connectivity index (χ2n) is 5.46. The van der Waals surface area contributed by atoms with Crippen LogP contribution in [-0.4, -0.2) is 47.4 Å². The fourth-order valence-electron chi connectivity index (χ4n) is 2.31. The molecule has 1 fully saturated rings. The van der Waals surface area contributed by atoms with Crippen LogP contribution in [0.5, 0.6) is 0 Å². The van der Waals surface area contributed by atoms with E-state index in [0.29, 0.717) is 13.1 Å². The molecule has 0 atom stereocenters. The standard InChI is InChI=1S/C15H18IN3O/c1-15(2,11-17)19-9-7-18(8-10-19)14(20)12-3-5-13(16)6-4-12/h3-6H,7-10H2,1-2H3. The number of nitrogens with zero attached hydrogens (tertiary/aromatic N) is 3. The Morgan fingerprint density at radius 1 is 1.20 bits per heavy atom. The zero-order chi connectivity index (χ0) is 14.8. The number of halogens is 1. The Morgan fingerprint density at radius 2 is 1.75 bits per heavy atom. The van der Waals surface area contributed by atoms with Crippen molar-refractivity contribution >= 4 is 28.5 Å². The summed E-state index contributed by atoms with van der Waals surface area (Å²) in [5.74, 6) is 0.0795. The van der Waals surface area contributed by atoms with Crippen molar-refractivity contribution in [2.24, 2.45) is 0 Å². The van der Waals surface area contributed by atoms with Crippen molar-refractivity contribution in [2.75, 3.05) is 26.2 Å². The molecule has 0 spiro atoms. The van der Waals surface area contributed by atoms with Gasteiger partial charge in [0.1, 0.15) is 5.54 Å². The van der Waals surface area contributed by atoms with Crippen molar-refractivity contribution < 1.29 is 4.79 Å². The van der Waals surface area contributed by atoms with Crippen LogP contribution in [0.3, 0.4) is 0 Å². The van der Waals surface area contributed by atoms with Gasteiger partial charge in [0, 0.05) is 35.3 Å². The Bertz CT molecular complexity index is 525. The second-order valence-corrected chi connectivity index (χ2v) is 6.70. The van der Waals surface area contributed by atoms with E-state index in [2.05, 4.69) is 33.6 Å². The summed E-state index contributed by atoms with van der Waals surface area (Å²) >= 11 is 2.23. The summed E-state index contributed by atoms with van der Waals surface area (Å²) < 4.78 is 1.12.